The number of benzene rings is 3. The summed E-state index contributed by atoms with van der Waals surface area (Å²) in [5, 5.41) is 3.25. The minimum atomic E-state index is -0.285. The summed E-state index contributed by atoms with van der Waals surface area (Å²) in [4.78, 5) is 36.3. The van der Waals surface area contributed by atoms with Gasteiger partial charge < -0.3 is 15.2 Å². The number of aromatic nitrogens is 2. The summed E-state index contributed by atoms with van der Waals surface area (Å²) in [6, 6.07) is 27.5. The molecule has 35 heavy (non-hydrogen) atoms. The molecule has 178 valence electrons. The van der Waals surface area contributed by atoms with Crippen molar-refractivity contribution in [3.05, 3.63) is 102 Å². The van der Waals surface area contributed by atoms with E-state index in [0.717, 1.165) is 40.8 Å². The number of carbonyl (C=O) groups is 2. The van der Waals surface area contributed by atoms with Crippen molar-refractivity contribution in [2.45, 2.75) is 31.7 Å². The highest BCUT2D eigenvalue weighted by Gasteiger charge is 2.30. The number of carbonyl (C=O) groups excluding carboxylic acids is 2. The number of hydrogen-bond acceptors (Lipinski definition) is 3. The van der Waals surface area contributed by atoms with Crippen molar-refractivity contribution in [1.82, 2.24) is 20.2 Å². The van der Waals surface area contributed by atoms with Gasteiger partial charge in [0.1, 0.15) is 5.82 Å². The van der Waals surface area contributed by atoms with Crippen molar-refractivity contribution >= 4 is 22.8 Å². The van der Waals surface area contributed by atoms with Gasteiger partial charge in [0.2, 0.25) is 11.8 Å². The molecule has 2 heterocycles. The van der Waals surface area contributed by atoms with Gasteiger partial charge in [-0.3, -0.25) is 9.59 Å². The lowest BCUT2D eigenvalue weighted by Gasteiger charge is -2.33. The van der Waals surface area contributed by atoms with Crippen LogP contribution in [0.2, 0.25) is 0 Å². The lowest BCUT2D eigenvalue weighted by molar-refractivity contribution is -0.135. The summed E-state index contributed by atoms with van der Waals surface area (Å²) in [5.74, 6) is 0.567. The van der Waals surface area contributed by atoms with Crippen LogP contribution in [0.1, 0.15) is 35.8 Å². The Morgan fingerprint density at radius 3 is 2.37 bits per heavy atom. The fourth-order valence-corrected chi connectivity index (χ4v) is 4.79. The summed E-state index contributed by atoms with van der Waals surface area (Å²) in [7, 11) is 0. The molecular formula is C29H30N4O2. The predicted molar refractivity (Wildman–Crippen MR) is 137 cm³/mol. The van der Waals surface area contributed by atoms with Crippen LogP contribution >= 0.6 is 0 Å². The van der Waals surface area contributed by atoms with Crippen molar-refractivity contribution in [1.29, 1.82) is 0 Å². The number of aromatic amines is 1. The smallest absolute Gasteiger partial charge is 0.227 e. The Hall–Kier alpha value is -3.93. The van der Waals surface area contributed by atoms with Crippen LogP contribution < -0.4 is 5.32 Å². The highest BCUT2D eigenvalue weighted by atomic mass is 16.2. The fourth-order valence-electron chi connectivity index (χ4n) is 4.79. The Balaban J connectivity index is 1.30. The van der Waals surface area contributed by atoms with Gasteiger partial charge >= 0.3 is 0 Å². The minimum absolute atomic E-state index is 0.0244. The second-order valence-corrected chi connectivity index (χ2v) is 9.23. The second kappa shape index (κ2) is 10.6. The van der Waals surface area contributed by atoms with Crippen molar-refractivity contribution in [3.63, 3.8) is 0 Å². The Morgan fingerprint density at radius 1 is 0.943 bits per heavy atom. The number of rotatable bonds is 7. The molecule has 2 atom stereocenters. The molecule has 5 rings (SSSR count). The third kappa shape index (κ3) is 5.60. The largest absolute Gasteiger partial charge is 0.346 e. The van der Waals surface area contributed by atoms with E-state index in [9.17, 15) is 9.59 Å². The number of H-pyrrole nitrogens is 1. The second-order valence-electron chi connectivity index (χ2n) is 9.23. The van der Waals surface area contributed by atoms with Gasteiger partial charge in [-0.1, -0.05) is 72.8 Å². The van der Waals surface area contributed by atoms with Gasteiger partial charge in [-0.2, -0.15) is 0 Å². The third-order valence-corrected chi connectivity index (χ3v) is 6.68. The average Bonchev–Trinajstić information content (AvgIpc) is 3.34. The number of fused-ring (bicyclic) bond motifs is 1. The summed E-state index contributed by atoms with van der Waals surface area (Å²) in [6.07, 6.45) is 2.60. The van der Waals surface area contributed by atoms with E-state index < -0.39 is 0 Å². The van der Waals surface area contributed by atoms with Gasteiger partial charge in [0.25, 0.3) is 0 Å². The van der Waals surface area contributed by atoms with Crippen LogP contribution in [0.4, 0.5) is 0 Å². The zero-order valence-electron chi connectivity index (χ0n) is 19.7. The standard InChI is InChI=1S/C29H30N4O2/c34-27(19-22-12-5-2-6-13-22)33-17-9-14-23(20-33)29(35)32-26(18-21-10-3-1-4-11-21)28-30-24-15-7-8-16-25(24)31-28/h1-8,10-13,15-16,23,26H,9,14,17-20H2,(H,30,31)(H,32,35)/t23?,26-/m0/s1. The van der Waals surface area contributed by atoms with Gasteiger partial charge in [0, 0.05) is 13.1 Å². The zero-order valence-corrected chi connectivity index (χ0v) is 19.7. The monoisotopic (exact) mass is 466 g/mol. The fraction of sp³-hybridized carbons (Fsp3) is 0.276. The topological polar surface area (TPSA) is 78.1 Å². The van der Waals surface area contributed by atoms with Crippen LogP contribution in [-0.2, 0) is 22.4 Å². The molecule has 1 aromatic heterocycles. The Labute approximate surface area is 205 Å². The molecule has 0 aliphatic carbocycles. The van der Waals surface area contributed by atoms with Crippen molar-refractivity contribution in [3.8, 4) is 0 Å². The van der Waals surface area contributed by atoms with Gasteiger partial charge in [-0.25, -0.2) is 4.98 Å². The van der Waals surface area contributed by atoms with Crippen LogP contribution in [0.3, 0.4) is 0 Å². The quantitative estimate of drug-likeness (QED) is 0.423. The van der Waals surface area contributed by atoms with Gasteiger partial charge in [-0.05, 0) is 42.5 Å². The van der Waals surface area contributed by atoms with E-state index in [1.54, 1.807) is 0 Å². The molecule has 0 bridgehead atoms. The van der Waals surface area contributed by atoms with Crippen LogP contribution in [0.15, 0.2) is 84.9 Å². The molecule has 0 spiro atoms. The van der Waals surface area contributed by atoms with Crippen LogP contribution in [-0.4, -0.2) is 39.8 Å². The lowest BCUT2D eigenvalue weighted by Crippen LogP contribution is -2.46. The maximum Gasteiger partial charge on any atom is 0.227 e. The molecule has 6 heteroatoms. The third-order valence-electron chi connectivity index (χ3n) is 6.68. The number of hydrogen-bond donors (Lipinski definition) is 2. The van der Waals surface area contributed by atoms with Crippen LogP contribution in [0, 0.1) is 5.92 Å². The number of imidazole rings is 1. The Morgan fingerprint density at radius 2 is 1.63 bits per heavy atom. The summed E-state index contributed by atoms with van der Waals surface area (Å²) >= 11 is 0. The molecule has 2 N–H and O–H groups in total. The van der Waals surface area contributed by atoms with Crippen molar-refractivity contribution in [2.24, 2.45) is 5.92 Å². The Bertz CT molecular complexity index is 1250. The molecule has 3 aromatic carbocycles. The van der Waals surface area contributed by atoms with Gasteiger partial charge in [0.05, 0.1) is 29.4 Å². The normalized spacial score (nSPS) is 16.7. The molecule has 0 radical (unpaired) electrons. The summed E-state index contributed by atoms with van der Waals surface area (Å²) in [5.41, 5.74) is 3.95. The van der Waals surface area contributed by atoms with Crippen molar-refractivity contribution in [2.75, 3.05) is 13.1 Å². The molecule has 1 unspecified atom stereocenters. The first kappa shape index (κ1) is 22.8. The molecule has 1 aliphatic heterocycles. The maximum absolute atomic E-state index is 13.4. The summed E-state index contributed by atoms with van der Waals surface area (Å²) < 4.78 is 0. The molecule has 4 aromatic rings. The minimum Gasteiger partial charge on any atom is -0.346 e. The molecular weight excluding hydrogens is 436 g/mol. The molecule has 6 nitrogen and oxygen atoms in total. The first-order valence-corrected chi connectivity index (χ1v) is 12.3. The van der Waals surface area contributed by atoms with Gasteiger partial charge in [0.15, 0.2) is 0 Å². The maximum atomic E-state index is 13.4. The first-order valence-electron chi connectivity index (χ1n) is 12.3. The van der Waals surface area contributed by atoms with E-state index in [2.05, 4.69) is 22.4 Å². The SMILES string of the molecule is O=C(N[C@@H](Cc1ccccc1)c1nc2ccccc2[nH]1)C1CCCN(C(=O)Cc2ccccc2)C1. The number of nitrogens with zero attached hydrogens (tertiary/aromatic N) is 2. The van der Waals surface area contributed by atoms with E-state index in [1.165, 1.54) is 0 Å². The average molecular weight is 467 g/mol. The first-order chi connectivity index (χ1) is 17.2. The summed E-state index contributed by atoms with van der Waals surface area (Å²) in [6.45, 7) is 1.15. The van der Waals surface area contributed by atoms with Crippen molar-refractivity contribution < 1.29 is 9.59 Å². The number of para-hydroxylation sites is 2. The highest BCUT2D eigenvalue weighted by Crippen LogP contribution is 2.23. The zero-order chi connectivity index (χ0) is 24.0. The van der Waals surface area contributed by atoms with E-state index >= 15 is 0 Å². The molecule has 1 fully saturated rings. The number of likely N-dealkylation sites (tertiary alicyclic amines) is 1. The van der Waals surface area contributed by atoms with Crippen LogP contribution in [0.25, 0.3) is 11.0 Å². The van der Waals surface area contributed by atoms with E-state index in [0.29, 0.717) is 25.9 Å². The number of nitrogens with one attached hydrogen (secondary N) is 2. The van der Waals surface area contributed by atoms with Crippen LogP contribution in [0.5, 0.6) is 0 Å². The molecule has 1 aliphatic rings. The predicted octanol–water partition coefficient (Wildman–Crippen LogP) is 4.44. The number of piperidine rings is 1. The van der Waals surface area contributed by atoms with E-state index in [4.69, 9.17) is 4.98 Å². The van der Waals surface area contributed by atoms with E-state index in [1.807, 2.05) is 77.7 Å². The Kier molecular flexibility index (Phi) is 6.89. The van der Waals surface area contributed by atoms with E-state index in [-0.39, 0.29) is 23.8 Å². The molecule has 1 saturated heterocycles. The van der Waals surface area contributed by atoms with Gasteiger partial charge in [-0.15, -0.1) is 0 Å². The molecule has 0 saturated carbocycles. The number of amides is 2. The molecule has 2 amide bonds. The highest BCUT2D eigenvalue weighted by molar-refractivity contribution is 5.83. The lowest BCUT2D eigenvalue weighted by atomic mass is 9.95.